The number of rotatable bonds is 5. The number of aliphatic hydroxyl groups is 1. The Balaban J connectivity index is 2.37. The first-order chi connectivity index (χ1) is 9.69. The van der Waals surface area contributed by atoms with Gasteiger partial charge in [-0.2, -0.15) is 0 Å². The molecule has 0 bridgehead atoms. The highest BCUT2D eigenvalue weighted by Gasteiger charge is 2.14. The summed E-state index contributed by atoms with van der Waals surface area (Å²) in [4.78, 5) is 0. The lowest BCUT2D eigenvalue weighted by Crippen LogP contribution is -2.04. The number of aliphatic hydroxyl groups excluding tert-OH is 1. The number of hydrogen-bond acceptors (Lipinski definition) is 1. The third-order valence-electron chi connectivity index (χ3n) is 4.00. The standard InChI is InChI=1S/C19H24O/c1-4-14-7-11-17(12-8-14)19(20)18-13-15(5-2)9-10-16(18)6-3/h7-13,19-20H,4-6H2,1-3H3. The minimum absolute atomic E-state index is 0.526. The van der Waals surface area contributed by atoms with Crippen LogP contribution in [0, 0.1) is 0 Å². The van der Waals surface area contributed by atoms with Crippen molar-refractivity contribution < 1.29 is 5.11 Å². The van der Waals surface area contributed by atoms with Crippen LogP contribution in [0.1, 0.15) is 54.7 Å². The van der Waals surface area contributed by atoms with Crippen molar-refractivity contribution in [1.29, 1.82) is 0 Å². The van der Waals surface area contributed by atoms with E-state index in [1.54, 1.807) is 0 Å². The van der Waals surface area contributed by atoms with Gasteiger partial charge in [-0.25, -0.2) is 0 Å². The zero-order valence-electron chi connectivity index (χ0n) is 12.7. The Morgan fingerprint density at radius 2 is 1.40 bits per heavy atom. The molecule has 0 aliphatic heterocycles. The van der Waals surface area contributed by atoms with Crippen LogP contribution in [-0.2, 0) is 19.3 Å². The zero-order valence-corrected chi connectivity index (χ0v) is 12.7. The molecule has 0 saturated heterocycles. The van der Waals surface area contributed by atoms with E-state index in [1.165, 1.54) is 16.7 Å². The Kier molecular flexibility index (Phi) is 4.97. The van der Waals surface area contributed by atoms with Crippen molar-refractivity contribution in [2.45, 2.75) is 46.1 Å². The topological polar surface area (TPSA) is 20.2 Å². The first-order valence-corrected chi connectivity index (χ1v) is 7.58. The summed E-state index contributed by atoms with van der Waals surface area (Å²) in [6.45, 7) is 6.43. The molecular formula is C19H24O. The minimum atomic E-state index is -0.526. The second-order valence-electron chi connectivity index (χ2n) is 5.24. The maximum atomic E-state index is 10.7. The van der Waals surface area contributed by atoms with Gasteiger partial charge in [0.25, 0.3) is 0 Å². The molecule has 0 heterocycles. The second-order valence-corrected chi connectivity index (χ2v) is 5.24. The summed E-state index contributed by atoms with van der Waals surface area (Å²) in [5, 5.41) is 10.7. The van der Waals surface area contributed by atoms with Gasteiger partial charge < -0.3 is 5.11 Å². The molecule has 0 fully saturated rings. The molecule has 1 unspecified atom stereocenters. The molecule has 2 aromatic rings. The van der Waals surface area contributed by atoms with Gasteiger partial charge in [0, 0.05) is 0 Å². The van der Waals surface area contributed by atoms with Crippen LogP contribution in [0.3, 0.4) is 0 Å². The van der Waals surface area contributed by atoms with Gasteiger partial charge in [0.05, 0.1) is 0 Å². The maximum absolute atomic E-state index is 10.7. The van der Waals surface area contributed by atoms with Crippen LogP contribution in [0.2, 0.25) is 0 Å². The van der Waals surface area contributed by atoms with E-state index in [4.69, 9.17) is 0 Å². The van der Waals surface area contributed by atoms with Crippen LogP contribution in [0.25, 0.3) is 0 Å². The molecular weight excluding hydrogens is 244 g/mol. The van der Waals surface area contributed by atoms with E-state index in [9.17, 15) is 5.11 Å². The summed E-state index contributed by atoms with van der Waals surface area (Å²) in [5.74, 6) is 0. The van der Waals surface area contributed by atoms with Crippen LogP contribution in [-0.4, -0.2) is 5.11 Å². The Bertz CT molecular complexity index is 554. The van der Waals surface area contributed by atoms with Crippen LogP contribution >= 0.6 is 0 Å². The smallest absolute Gasteiger partial charge is 0.104 e. The molecule has 0 amide bonds. The van der Waals surface area contributed by atoms with Gasteiger partial charge in [0.15, 0.2) is 0 Å². The molecule has 2 rings (SSSR count). The highest BCUT2D eigenvalue weighted by Crippen LogP contribution is 2.27. The Morgan fingerprint density at radius 3 is 1.95 bits per heavy atom. The summed E-state index contributed by atoms with van der Waals surface area (Å²) in [6, 6.07) is 14.8. The average molecular weight is 268 g/mol. The quantitative estimate of drug-likeness (QED) is 0.849. The predicted octanol–water partition coefficient (Wildman–Crippen LogP) is 4.46. The molecule has 0 aliphatic rings. The third kappa shape index (κ3) is 3.10. The van der Waals surface area contributed by atoms with Crippen molar-refractivity contribution in [2.75, 3.05) is 0 Å². The van der Waals surface area contributed by atoms with E-state index < -0.39 is 6.10 Å². The summed E-state index contributed by atoms with van der Waals surface area (Å²) < 4.78 is 0. The fraction of sp³-hybridized carbons (Fsp3) is 0.368. The van der Waals surface area contributed by atoms with Gasteiger partial charge in [-0.15, -0.1) is 0 Å². The van der Waals surface area contributed by atoms with E-state index in [0.717, 1.165) is 30.4 Å². The van der Waals surface area contributed by atoms with Crippen molar-refractivity contribution in [2.24, 2.45) is 0 Å². The lowest BCUT2D eigenvalue weighted by atomic mass is 9.92. The fourth-order valence-electron chi connectivity index (χ4n) is 2.56. The summed E-state index contributed by atoms with van der Waals surface area (Å²) in [6.07, 6.45) is 2.45. The largest absolute Gasteiger partial charge is 0.384 e. The van der Waals surface area contributed by atoms with Crippen molar-refractivity contribution in [1.82, 2.24) is 0 Å². The molecule has 0 saturated carbocycles. The third-order valence-corrected chi connectivity index (χ3v) is 4.00. The first-order valence-electron chi connectivity index (χ1n) is 7.58. The van der Waals surface area contributed by atoms with Crippen LogP contribution < -0.4 is 0 Å². The van der Waals surface area contributed by atoms with Gasteiger partial charge in [-0.05, 0) is 47.1 Å². The number of aryl methyl sites for hydroxylation is 3. The molecule has 0 aliphatic carbocycles. The highest BCUT2D eigenvalue weighted by molar-refractivity contribution is 5.39. The molecule has 106 valence electrons. The van der Waals surface area contributed by atoms with Crippen molar-refractivity contribution in [3.05, 3.63) is 70.3 Å². The molecule has 2 aromatic carbocycles. The molecule has 0 radical (unpaired) electrons. The summed E-state index contributed by atoms with van der Waals surface area (Å²) >= 11 is 0. The zero-order chi connectivity index (χ0) is 14.5. The Hall–Kier alpha value is -1.60. The van der Waals surface area contributed by atoms with Crippen molar-refractivity contribution in [3.63, 3.8) is 0 Å². The Labute approximate surface area is 122 Å². The fourth-order valence-corrected chi connectivity index (χ4v) is 2.56. The minimum Gasteiger partial charge on any atom is -0.384 e. The van der Waals surface area contributed by atoms with Crippen LogP contribution in [0.5, 0.6) is 0 Å². The average Bonchev–Trinajstić information content (AvgIpc) is 2.53. The Morgan fingerprint density at radius 1 is 0.800 bits per heavy atom. The van der Waals surface area contributed by atoms with Crippen molar-refractivity contribution >= 4 is 0 Å². The monoisotopic (exact) mass is 268 g/mol. The molecule has 1 atom stereocenters. The summed E-state index contributed by atoms with van der Waals surface area (Å²) in [5.41, 5.74) is 5.84. The van der Waals surface area contributed by atoms with E-state index in [-0.39, 0.29) is 0 Å². The van der Waals surface area contributed by atoms with Crippen LogP contribution in [0.4, 0.5) is 0 Å². The van der Waals surface area contributed by atoms with E-state index in [0.29, 0.717) is 0 Å². The highest BCUT2D eigenvalue weighted by atomic mass is 16.3. The molecule has 1 nitrogen and oxygen atoms in total. The van der Waals surface area contributed by atoms with E-state index in [1.807, 2.05) is 12.1 Å². The van der Waals surface area contributed by atoms with Gasteiger partial charge in [-0.1, -0.05) is 63.2 Å². The molecule has 20 heavy (non-hydrogen) atoms. The first kappa shape index (κ1) is 14.8. The van der Waals surface area contributed by atoms with Gasteiger partial charge >= 0.3 is 0 Å². The van der Waals surface area contributed by atoms with Gasteiger partial charge in [-0.3, -0.25) is 0 Å². The van der Waals surface area contributed by atoms with Crippen LogP contribution in [0.15, 0.2) is 42.5 Å². The van der Waals surface area contributed by atoms with Gasteiger partial charge in [0.2, 0.25) is 0 Å². The van der Waals surface area contributed by atoms with Gasteiger partial charge in [0.1, 0.15) is 6.10 Å². The SMILES string of the molecule is CCc1ccc(C(O)c2cc(CC)ccc2CC)cc1. The lowest BCUT2D eigenvalue weighted by molar-refractivity contribution is 0.219. The molecule has 1 N–H and O–H groups in total. The second kappa shape index (κ2) is 6.71. The maximum Gasteiger partial charge on any atom is 0.104 e. The van der Waals surface area contributed by atoms with E-state index in [2.05, 4.69) is 51.1 Å². The normalized spacial score (nSPS) is 12.4. The molecule has 0 aromatic heterocycles. The number of benzene rings is 2. The number of hydrogen-bond donors (Lipinski definition) is 1. The van der Waals surface area contributed by atoms with E-state index >= 15 is 0 Å². The lowest BCUT2D eigenvalue weighted by Gasteiger charge is -2.17. The summed E-state index contributed by atoms with van der Waals surface area (Å²) in [7, 11) is 0. The molecule has 1 heteroatoms. The predicted molar refractivity (Wildman–Crippen MR) is 85.1 cm³/mol. The van der Waals surface area contributed by atoms with Crippen molar-refractivity contribution in [3.8, 4) is 0 Å². The molecule has 0 spiro atoms.